The topological polar surface area (TPSA) is 86.0 Å². The number of H-pyrrole nitrogens is 2. The number of aromatic amines is 2. The molecular weight excluding hydrogens is 433 g/mol. The van der Waals surface area contributed by atoms with E-state index in [0.29, 0.717) is 43.7 Å². The lowest BCUT2D eigenvalue weighted by Gasteiger charge is -2.40. The zero-order chi connectivity index (χ0) is 22.0. The SMILES string of the molecule is CC(=O)C1(c2ccccc2)CCN(Cc2[nH]c(=O)[nH]c2C(=O)c2ccc(F)cc2)CC1.Cl. The van der Waals surface area contributed by atoms with Gasteiger partial charge in [-0.1, -0.05) is 30.3 Å². The molecule has 1 aliphatic rings. The maximum Gasteiger partial charge on any atom is 0.323 e. The largest absolute Gasteiger partial charge is 0.323 e. The number of nitrogens with zero attached hydrogens (tertiary/aromatic N) is 1. The van der Waals surface area contributed by atoms with Gasteiger partial charge in [-0.3, -0.25) is 14.5 Å². The molecule has 32 heavy (non-hydrogen) atoms. The predicted molar refractivity (Wildman–Crippen MR) is 122 cm³/mol. The average Bonchev–Trinajstić information content (AvgIpc) is 3.15. The molecule has 0 aliphatic carbocycles. The molecule has 2 N–H and O–H groups in total. The summed E-state index contributed by atoms with van der Waals surface area (Å²) in [4.78, 5) is 44.8. The number of piperidine rings is 1. The first-order valence-electron chi connectivity index (χ1n) is 10.3. The van der Waals surface area contributed by atoms with Crippen LogP contribution >= 0.6 is 12.4 Å². The van der Waals surface area contributed by atoms with Gasteiger partial charge in [0, 0.05) is 12.1 Å². The summed E-state index contributed by atoms with van der Waals surface area (Å²) >= 11 is 0. The van der Waals surface area contributed by atoms with Crippen LogP contribution in [0.4, 0.5) is 4.39 Å². The van der Waals surface area contributed by atoms with Crippen molar-refractivity contribution in [2.75, 3.05) is 13.1 Å². The number of nitrogens with one attached hydrogen (secondary N) is 2. The number of imidazole rings is 1. The van der Waals surface area contributed by atoms with E-state index in [0.717, 1.165) is 5.56 Å². The van der Waals surface area contributed by atoms with Gasteiger partial charge in [0.1, 0.15) is 17.3 Å². The van der Waals surface area contributed by atoms with Gasteiger partial charge in [0.25, 0.3) is 0 Å². The van der Waals surface area contributed by atoms with Gasteiger partial charge in [-0.2, -0.15) is 0 Å². The van der Waals surface area contributed by atoms with Crippen molar-refractivity contribution in [1.29, 1.82) is 0 Å². The fourth-order valence-electron chi connectivity index (χ4n) is 4.40. The number of carbonyl (C=O) groups excluding carboxylic acids is 2. The number of ketones is 2. The van der Waals surface area contributed by atoms with Crippen LogP contribution in [0, 0.1) is 5.82 Å². The van der Waals surface area contributed by atoms with Crippen LogP contribution in [-0.4, -0.2) is 39.5 Å². The molecule has 0 spiro atoms. The van der Waals surface area contributed by atoms with E-state index in [9.17, 15) is 18.8 Å². The average molecular weight is 458 g/mol. The Morgan fingerprint density at radius 3 is 2.22 bits per heavy atom. The van der Waals surface area contributed by atoms with Crippen LogP contribution < -0.4 is 5.69 Å². The molecule has 168 valence electrons. The maximum atomic E-state index is 13.2. The maximum absolute atomic E-state index is 13.2. The number of Topliss-reactive ketones (excluding diaryl/α,β-unsaturated/α-hetero) is 1. The third-order valence-electron chi connectivity index (χ3n) is 6.23. The van der Waals surface area contributed by atoms with Crippen LogP contribution in [0.5, 0.6) is 0 Å². The Labute approximate surface area is 191 Å². The Bertz CT molecular complexity index is 1150. The van der Waals surface area contributed by atoms with Crippen LogP contribution in [0.3, 0.4) is 0 Å². The fraction of sp³-hybridized carbons (Fsp3) is 0.292. The number of likely N-dealkylation sites (tertiary alicyclic amines) is 1. The Morgan fingerprint density at radius 2 is 1.62 bits per heavy atom. The third kappa shape index (κ3) is 4.59. The Balaban J connectivity index is 0.00000289. The standard InChI is InChI=1S/C24H24FN3O3.ClH/c1-16(29)24(18-5-3-2-4-6-18)11-13-28(14-12-24)15-20-21(27-23(31)26-20)22(30)17-7-9-19(25)10-8-17;/h2-10H,11-15H2,1H3,(H2,26,27,31);1H. The molecule has 0 amide bonds. The second-order valence-electron chi connectivity index (χ2n) is 8.05. The van der Waals surface area contributed by atoms with Crippen molar-refractivity contribution in [3.8, 4) is 0 Å². The molecule has 3 aromatic rings. The van der Waals surface area contributed by atoms with Gasteiger partial charge in [-0.05, 0) is 62.7 Å². The zero-order valence-electron chi connectivity index (χ0n) is 17.7. The predicted octanol–water partition coefficient (Wildman–Crippen LogP) is 3.62. The summed E-state index contributed by atoms with van der Waals surface area (Å²) in [6.45, 7) is 3.34. The number of aromatic nitrogens is 2. The molecule has 1 saturated heterocycles. The van der Waals surface area contributed by atoms with Crippen molar-refractivity contribution in [3.63, 3.8) is 0 Å². The summed E-state index contributed by atoms with van der Waals surface area (Å²) < 4.78 is 13.2. The minimum absolute atomic E-state index is 0. The second kappa shape index (κ2) is 9.63. The Kier molecular flexibility index (Phi) is 7.11. The minimum atomic E-state index is -0.504. The summed E-state index contributed by atoms with van der Waals surface area (Å²) in [6.07, 6.45) is 1.34. The monoisotopic (exact) mass is 457 g/mol. The van der Waals surface area contributed by atoms with Crippen molar-refractivity contribution in [2.24, 2.45) is 0 Å². The quantitative estimate of drug-likeness (QED) is 0.553. The highest BCUT2D eigenvalue weighted by atomic mass is 35.5. The minimum Gasteiger partial charge on any atom is -0.308 e. The fourth-order valence-corrected chi connectivity index (χ4v) is 4.40. The molecule has 2 aromatic carbocycles. The molecule has 0 atom stereocenters. The molecule has 1 aromatic heterocycles. The molecular formula is C24H25ClFN3O3. The number of hydrogen-bond donors (Lipinski definition) is 2. The third-order valence-corrected chi connectivity index (χ3v) is 6.23. The first-order chi connectivity index (χ1) is 14.9. The van der Waals surface area contributed by atoms with Crippen molar-refractivity contribution in [3.05, 3.63) is 93.4 Å². The number of benzene rings is 2. The van der Waals surface area contributed by atoms with Gasteiger partial charge in [0.05, 0.1) is 11.1 Å². The molecule has 6 nitrogen and oxygen atoms in total. The van der Waals surface area contributed by atoms with E-state index in [2.05, 4.69) is 14.9 Å². The number of carbonyl (C=O) groups is 2. The first-order valence-corrected chi connectivity index (χ1v) is 10.3. The lowest BCUT2D eigenvalue weighted by molar-refractivity contribution is -0.124. The lowest BCUT2D eigenvalue weighted by Crippen LogP contribution is -2.46. The van der Waals surface area contributed by atoms with Crippen LogP contribution in [-0.2, 0) is 16.8 Å². The highest BCUT2D eigenvalue weighted by molar-refractivity contribution is 6.08. The van der Waals surface area contributed by atoms with E-state index in [4.69, 9.17) is 0 Å². The molecule has 2 heterocycles. The molecule has 0 radical (unpaired) electrons. The summed E-state index contributed by atoms with van der Waals surface area (Å²) in [5.74, 6) is -0.645. The van der Waals surface area contributed by atoms with Gasteiger partial charge in [-0.15, -0.1) is 12.4 Å². The van der Waals surface area contributed by atoms with E-state index in [1.165, 1.54) is 24.3 Å². The zero-order valence-corrected chi connectivity index (χ0v) is 18.5. The molecule has 0 bridgehead atoms. The van der Waals surface area contributed by atoms with Gasteiger partial charge >= 0.3 is 5.69 Å². The van der Waals surface area contributed by atoms with E-state index in [1.54, 1.807) is 6.92 Å². The van der Waals surface area contributed by atoms with Gasteiger partial charge < -0.3 is 9.97 Å². The van der Waals surface area contributed by atoms with Gasteiger partial charge in [0.2, 0.25) is 5.78 Å². The van der Waals surface area contributed by atoms with Crippen LogP contribution in [0.1, 0.15) is 47.1 Å². The highest BCUT2D eigenvalue weighted by Crippen LogP contribution is 2.36. The second-order valence-corrected chi connectivity index (χ2v) is 8.05. The van der Waals surface area contributed by atoms with E-state index < -0.39 is 16.9 Å². The summed E-state index contributed by atoms with van der Waals surface area (Å²) in [7, 11) is 0. The van der Waals surface area contributed by atoms with Crippen LogP contribution in [0.2, 0.25) is 0 Å². The van der Waals surface area contributed by atoms with Crippen molar-refractivity contribution < 1.29 is 14.0 Å². The smallest absolute Gasteiger partial charge is 0.308 e. The number of rotatable bonds is 6. The van der Waals surface area contributed by atoms with Crippen LogP contribution in [0.15, 0.2) is 59.4 Å². The highest BCUT2D eigenvalue weighted by Gasteiger charge is 2.40. The molecule has 0 unspecified atom stereocenters. The van der Waals surface area contributed by atoms with Crippen molar-refractivity contribution in [1.82, 2.24) is 14.9 Å². The summed E-state index contributed by atoms with van der Waals surface area (Å²) in [6, 6.07) is 15.1. The Morgan fingerprint density at radius 1 is 1.00 bits per heavy atom. The van der Waals surface area contributed by atoms with E-state index >= 15 is 0 Å². The molecule has 8 heteroatoms. The van der Waals surface area contributed by atoms with Gasteiger partial charge in [0.15, 0.2) is 0 Å². The molecule has 4 rings (SSSR count). The molecule has 1 fully saturated rings. The first kappa shape index (κ1) is 23.6. The van der Waals surface area contributed by atoms with Crippen molar-refractivity contribution in [2.45, 2.75) is 31.7 Å². The lowest BCUT2D eigenvalue weighted by atomic mass is 9.70. The van der Waals surface area contributed by atoms with Crippen LogP contribution in [0.25, 0.3) is 0 Å². The number of halogens is 2. The Hall–Kier alpha value is -3.03. The number of hydrogen-bond acceptors (Lipinski definition) is 4. The summed E-state index contributed by atoms with van der Waals surface area (Å²) in [5.41, 5.74) is 1.05. The van der Waals surface area contributed by atoms with Gasteiger partial charge in [-0.25, -0.2) is 9.18 Å². The van der Waals surface area contributed by atoms with E-state index in [-0.39, 0.29) is 29.7 Å². The molecule has 1 aliphatic heterocycles. The summed E-state index contributed by atoms with van der Waals surface area (Å²) in [5, 5.41) is 0. The van der Waals surface area contributed by atoms with E-state index in [1.807, 2.05) is 30.3 Å². The van der Waals surface area contributed by atoms with Crippen molar-refractivity contribution >= 4 is 24.0 Å². The molecule has 0 saturated carbocycles. The normalized spacial score (nSPS) is 15.7.